The standard InChI is InChI=1S/C30H49N3/c1-7-29-14-10-23(20(2)3)25(29)24-11-15-30(19-31)26(4)12-9-22(33-32)18-21(26)8-13-28(30,6)27(24,5)16-17-29/h20-22,24,33H,7-18,32H2,1-6H3/t21?,22-,24+,26-,27+,28-,29+,30?/m0/s1. The molecule has 3 nitrogen and oxygen atoms in total. The third kappa shape index (κ3) is 2.69. The van der Waals surface area contributed by atoms with Crippen molar-refractivity contribution in [2.45, 2.75) is 125 Å². The molecular weight excluding hydrogens is 402 g/mol. The van der Waals surface area contributed by atoms with Crippen LogP contribution in [0.5, 0.6) is 0 Å². The van der Waals surface area contributed by atoms with Gasteiger partial charge in [-0.05, 0) is 116 Å². The first kappa shape index (κ1) is 23.9. The molecule has 0 aromatic heterocycles. The zero-order valence-corrected chi connectivity index (χ0v) is 22.3. The second-order valence-electron chi connectivity index (χ2n) is 13.9. The summed E-state index contributed by atoms with van der Waals surface area (Å²) in [4.78, 5) is 0. The van der Waals surface area contributed by atoms with Crippen LogP contribution in [0.3, 0.4) is 0 Å². The Kier molecular flexibility index (Phi) is 5.48. The lowest BCUT2D eigenvalue weighted by Crippen LogP contribution is -2.69. The predicted molar refractivity (Wildman–Crippen MR) is 136 cm³/mol. The van der Waals surface area contributed by atoms with Gasteiger partial charge in [0.05, 0.1) is 11.5 Å². The topological polar surface area (TPSA) is 61.8 Å². The number of hydrogen-bond acceptors (Lipinski definition) is 3. The van der Waals surface area contributed by atoms with Crippen LogP contribution in [0, 0.1) is 56.2 Å². The molecule has 0 amide bonds. The summed E-state index contributed by atoms with van der Waals surface area (Å²) in [7, 11) is 0. The molecule has 4 fully saturated rings. The van der Waals surface area contributed by atoms with E-state index in [1.807, 2.05) is 5.57 Å². The summed E-state index contributed by atoms with van der Waals surface area (Å²) in [5, 5.41) is 11.1. The van der Waals surface area contributed by atoms with Crippen molar-refractivity contribution in [3.8, 4) is 6.07 Å². The maximum atomic E-state index is 11.1. The molecule has 0 spiro atoms. The number of nitriles is 1. The molecule has 0 bridgehead atoms. The van der Waals surface area contributed by atoms with Crippen LogP contribution in [0.2, 0.25) is 0 Å². The van der Waals surface area contributed by atoms with E-state index in [2.05, 4.69) is 53.0 Å². The Bertz CT molecular complexity index is 883. The molecule has 0 saturated heterocycles. The molecule has 3 N–H and O–H groups in total. The summed E-state index contributed by atoms with van der Waals surface area (Å²) in [6.07, 6.45) is 14.9. The van der Waals surface area contributed by atoms with Gasteiger partial charge >= 0.3 is 0 Å². The first-order valence-corrected chi connectivity index (χ1v) is 14.2. The minimum atomic E-state index is -0.211. The molecular formula is C30H49N3. The highest BCUT2D eigenvalue weighted by Crippen LogP contribution is 2.80. The fourth-order valence-corrected chi connectivity index (χ4v) is 11.0. The summed E-state index contributed by atoms with van der Waals surface area (Å²) in [6.45, 7) is 15.1. The van der Waals surface area contributed by atoms with E-state index in [0.717, 1.165) is 25.7 Å². The van der Waals surface area contributed by atoms with Crippen molar-refractivity contribution in [2.24, 2.45) is 50.7 Å². The van der Waals surface area contributed by atoms with Crippen LogP contribution in [0.1, 0.15) is 119 Å². The molecule has 0 aliphatic heterocycles. The van der Waals surface area contributed by atoms with Crippen LogP contribution < -0.4 is 11.3 Å². The van der Waals surface area contributed by atoms with Crippen LogP contribution in [-0.4, -0.2) is 6.04 Å². The van der Waals surface area contributed by atoms with E-state index in [9.17, 15) is 5.26 Å². The average Bonchev–Trinajstić information content (AvgIpc) is 3.20. The Labute approximate surface area is 203 Å². The van der Waals surface area contributed by atoms with Crippen molar-refractivity contribution >= 4 is 0 Å². The molecule has 0 radical (unpaired) electrons. The fraction of sp³-hybridized carbons (Fsp3) is 0.900. The first-order chi connectivity index (χ1) is 15.6. The molecule has 33 heavy (non-hydrogen) atoms. The second kappa shape index (κ2) is 7.57. The lowest BCUT2D eigenvalue weighted by Gasteiger charge is -2.73. The largest absolute Gasteiger partial charge is 0.271 e. The molecule has 8 atom stereocenters. The van der Waals surface area contributed by atoms with Crippen molar-refractivity contribution < 1.29 is 0 Å². The molecule has 4 saturated carbocycles. The average molecular weight is 452 g/mol. The van der Waals surface area contributed by atoms with Crippen LogP contribution in [0.25, 0.3) is 0 Å². The van der Waals surface area contributed by atoms with Crippen molar-refractivity contribution in [1.82, 2.24) is 5.43 Å². The third-order valence-corrected chi connectivity index (χ3v) is 13.3. The Morgan fingerprint density at radius 1 is 1.00 bits per heavy atom. The monoisotopic (exact) mass is 451 g/mol. The SMILES string of the molecule is CC[C@]12CCC(C(C)C)=C1[C@H]1CCC3(C#N)[C@@]4(C)CC[C@H](NN)CC4CC[C@@]3(C)[C@]1(C)CC2. The summed E-state index contributed by atoms with van der Waals surface area (Å²) in [6, 6.07) is 3.56. The van der Waals surface area contributed by atoms with E-state index in [1.165, 1.54) is 51.4 Å². The van der Waals surface area contributed by atoms with Crippen molar-refractivity contribution in [2.75, 3.05) is 0 Å². The van der Waals surface area contributed by atoms with Gasteiger partial charge in [-0.15, -0.1) is 0 Å². The van der Waals surface area contributed by atoms with Gasteiger partial charge in [0.1, 0.15) is 0 Å². The number of hydrogen-bond donors (Lipinski definition) is 2. The van der Waals surface area contributed by atoms with E-state index in [4.69, 9.17) is 5.84 Å². The summed E-state index contributed by atoms with van der Waals surface area (Å²) < 4.78 is 0. The van der Waals surface area contributed by atoms with Crippen molar-refractivity contribution in [3.63, 3.8) is 0 Å². The van der Waals surface area contributed by atoms with Gasteiger partial charge in [-0.2, -0.15) is 5.26 Å². The fourth-order valence-electron chi connectivity index (χ4n) is 11.0. The van der Waals surface area contributed by atoms with E-state index in [-0.39, 0.29) is 21.7 Å². The van der Waals surface area contributed by atoms with Crippen LogP contribution in [0.15, 0.2) is 11.1 Å². The molecule has 3 heteroatoms. The normalized spacial score (nSPS) is 51.4. The quantitative estimate of drug-likeness (QED) is 0.269. The minimum absolute atomic E-state index is 0.0868. The number of nitrogens with zero attached hydrogens (tertiary/aromatic N) is 1. The van der Waals surface area contributed by atoms with Crippen molar-refractivity contribution in [3.05, 3.63) is 11.1 Å². The Balaban J connectivity index is 1.63. The smallest absolute Gasteiger partial charge is 0.0701 e. The number of nitrogens with two attached hydrogens (primary N) is 1. The number of rotatable bonds is 3. The highest BCUT2D eigenvalue weighted by Gasteiger charge is 2.74. The summed E-state index contributed by atoms with van der Waals surface area (Å²) in [5.74, 6) is 7.86. The lowest BCUT2D eigenvalue weighted by molar-refractivity contribution is -0.231. The Morgan fingerprint density at radius 2 is 1.76 bits per heavy atom. The molecule has 5 rings (SSSR count). The van der Waals surface area contributed by atoms with Gasteiger partial charge < -0.3 is 0 Å². The summed E-state index contributed by atoms with van der Waals surface area (Å²) in [5.41, 5.74) is 7.45. The van der Waals surface area contributed by atoms with Crippen LogP contribution in [-0.2, 0) is 0 Å². The highest BCUT2D eigenvalue weighted by molar-refractivity contribution is 5.39. The third-order valence-electron chi connectivity index (χ3n) is 13.3. The zero-order valence-electron chi connectivity index (χ0n) is 22.3. The predicted octanol–water partition coefficient (Wildman–Crippen LogP) is 7.29. The molecule has 2 unspecified atom stereocenters. The van der Waals surface area contributed by atoms with Gasteiger partial charge in [0, 0.05) is 6.04 Å². The first-order valence-electron chi connectivity index (χ1n) is 14.2. The zero-order chi connectivity index (χ0) is 23.9. The maximum Gasteiger partial charge on any atom is 0.0701 e. The summed E-state index contributed by atoms with van der Waals surface area (Å²) >= 11 is 0. The van der Waals surface area contributed by atoms with E-state index >= 15 is 0 Å². The number of hydrazine groups is 1. The van der Waals surface area contributed by atoms with Gasteiger partial charge in [0.2, 0.25) is 0 Å². The van der Waals surface area contributed by atoms with Crippen LogP contribution >= 0.6 is 0 Å². The Hall–Kier alpha value is -0.850. The van der Waals surface area contributed by atoms with Gasteiger partial charge in [0.15, 0.2) is 0 Å². The van der Waals surface area contributed by atoms with Crippen LogP contribution in [0.4, 0.5) is 0 Å². The molecule has 0 aromatic rings. The van der Waals surface area contributed by atoms with Gasteiger partial charge in [-0.1, -0.05) is 52.7 Å². The Morgan fingerprint density at radius 3 is 2.39 bits per heavy atom. The maximum absolute atomic E-state index is 11.1. The number of nitrogens with one attached hydrogen (secondary N) is 1. The number of fused-ring (bicyclic) bond motifs is 7. The highest BCUT2D eigenvalue weighted by atomic mass is 15.2. The van der Waals surface area contributed by atoms with E-state index in [0.29, 0.717) is 29.2 Å². The van der Waals surface area contributed by atoms with Crippen molar-refractivity contribution in [1.29, 1.82) is 5.26 Å². The second-order valence-corrected chi connectivity index (χ2v) is 13.9. The number of allylic oxidation sites excluding steroid dienone is 2. The molecule has 5 aliphatic rings. The van der Waals surface area contributed by atoms with E-state index in [1.54, 1.807) is 5.57 Å². The van der Waals surface area contributed by atoms with Gasteiger partial charge in [-0.25, -0.2) is 0 Å². The van der Waals surface area contributed by atoms with Gasteiger partial charge in [0.25, 0.3) is 0 Å². The molecule has 0 aromatic carbocycles. The molecule has 0 heterocycles. The van der Waals surface area contributed by atoms with Gasteiger partial charge in [-0.3, -0.25) is 11.3 Å². The molecule has 184 valence electrons. The minimum Gasteiger partial charge on any atom is -0.271 e. The van der Waals surface area contributed by atoms with E-state index < -0.39 is 0 Å². The molecule has 5 aliphatic carbocycles. The lowest BCUT2D eigenvalue weighted by atomic mass is 9.29.